The Bertz CT molecular complexity index is 905. The standard InChI is InChI=1S/C19H19N3O2S/c1-12-8-9-15(10-14(12)3)18-21-22-19(24-18)25-11-17(23)20-16-7-5-4-6-13(16)2/h4-10H,11H2,1-3H3,(H,20,23). The lowest BCUT2D eigenvalue weighted by Gasteiger charge is -2.06. The highest BCUT2D eigenvalue weighted by Crippen LogP contribution is 2.25. The number of nitrogens with one attached hydrogen (secondary N) is 1. The van der Waals surface area contributed by atoms with Gasteiger partial charge >= 0.3 is 0 Å². The minimum absolute atomic E-state index is 0.106. The zero-order valence-corrected chi connectivity index (χ0v) is 15.2. The zero-order chi connectivity index (χ0) is 17.8. The highest BCUT2D eigenvalue weighted by molar-refractivity contribution is 7.99. The van der Waals surface area contributed by atoms with E-state index in [9.17, 15) is 4.79 Å². The molecule has 1 heterocycles. The number of para-hydroxylation sites is 1. The number of aryl methyl sites for hydroxylation is 3. The Labute approximate surface area is 150 Å². The lowest BCUT2D eigenvalue weighted by molar-refractivity contribution is -0.113. The smallest absolute Gasteiger partial charge is 0.277 e. The first-order valence-electron chi connectivity index (χ1n) is 7.92. The molecule has 0 saturated carbocycles. The van der Waals surface area contributed by atoms with Crippen LogP contribution in [-0.4, -0.2) is 21.9 Å². The van der Waals surface area contributed by atoms with Crippen molar-refractivity contribution >= 4 is 23.4 Å². The third-order valence-corrected chi connectivity index (χ3v) is 4.72. The van der Waals surface area contributed by atoms with Crippen molar-refractivity contribution in [3.63, 3.8) is 0 Å². The fraction of sp³-hybridized carbons (Fsp3) is 0.211. The molecule has 0 aliphatic heterocycles. The maximum Gasteiger partial charge on any atom is 0.277 e. The SMILES string of the molecule is Cc1ccc(-c2nnc(SCC(=O)Nc3ccccc3C)o2)cc1C. The molecule has 1 aromatic heterocycles. The van der Waals surface area contributed by atoms with Crippen LogP contribution in [0, 0.1) is 20.8 Å². The summed E-state index contributed by atoms with van der Waals surface area (Å²) < 4.78 is 5.65. The molecule has 0 saturated heterocycles. The molecule has 2 aromatic carbocycles. The van der Waals surface area contributed by atoms with Crippen molar-refractivity contribution in [3.05, 3.63) is 59.2 Å². The van der Waals surface area contributed by atoms with Gasteiger partial charge in [0.1, 0.15) is 0 Å². The average Bonchev–Trinajstić information content (AvgIpc) is 3.07. The topological polar surface area (TPSA) is 68.0 Å². The van der Waals surface area contributed by atoms with E-state index in [0.717, 1.165) is 16.8 Å². The monoisotopic (exact) mass is 353 g/mol. The highest BCUT2D eigenvalue weighted by Gasteiger charge is 2.12. The van der Waals surface area contributed by atoms with Crippen LogP contribution in [0.5, 0.6) is 0 Å². The number of hydrogen-bond acceptors (Lipinski definition) is 5. The maximum atomic E-state index is 12.1. The van der Waals surface area contributed by atoms with E-state index in [4.69, 9.17) is 4.42 Å². The number of anilines is 1. The lowest BCUT2D eigenvalue weighted by atomic mass is 10.1. The normalized spacial score (nSPS) is 10.7. The Kier molecular flexibility index (Phi) is 5.19. The van der Waals surface area contributed by atoms with Crippen LogP contribution in [0.3, 0.4) is 0 Å². The van der Waals surface area contributed by atoms with Crippen molar-refractivity contribution in [2.75, 3.05) is 11.1 Å². The summed E-state index contributed by atoms with van der Waals surface area (Å²) in [6, 6.07) is 13.7. The number of benzene rings is 2. The number of carbonyl (C=O) groups excluding carboxylic acids is 1. The molecular weight excluding hydrogens is 334 g/mol. The van der Waals surface area contributed by atoms with Crippen LogP contribution < -0.4 is 5.32 Å². The largest absolute Gasteiger partial charge is 0.411 e. The van der Waals surface area contributed by atoms with Crippen LogP contribution in [0.4, 0.5) is 5.69 Å². The van der Waals surface area contributed by atoms with Crippen LogP contribution in [-0.2, 0) is 4.79 Å². The number of hydrogen-bond donors (Lipinski definition) is 1. The summed E-state index contributed by atoms with van der Waals surface area (Å²) in [7, 11) is 0. The molecule has 0 spiro atoms. The second-order valence-corrected chi connectivity index (χ2v) is 6.75. The van der Waals surface area contributed by atoms with Crippen molar-refractivity contribution in [2.24, 2.45) is 0 Å². The quantitative estimate of drug-likeness (QED) is 0.689. The van der Waals surface area contributed by atoms with Gasteiger partial charge in [0.2, 0.25) is 11.8 Å². The van der Waals surface area contributed by atoms with Gasteiger partial charge in [-0.3, -0.25) is 4.79 Å². The van der Waals surface area contributed by atoms with Gasteiger partial charge in [0, 0.05) is 11.3 Å². The third-order valence-electron chi connectivity index (χ3n) is 3.91. The van der Waals surface area contributed by atoms with Gasteiger partial charge in [-0.05, 0) is 55.7 Å². The molecule has 0 fully saturated rings. The third kappa shape index (κ3) is 4.28. The molecule has 128 valence electrons. The summed E-state index contributed by atoms with van der Waals surface area (Å²) in [4.78, 5) is 12.1. The Morgan fingerprint density at radius 1 is 1.04 bits per heavy atom. The van der Waals surface area contributed by atoms with Crippen LogP contribution in [0.15, 0.2) is 52.1 Å². The molecule has 0 aliphatic carbocycles. The molecule has 1 N–H and O–H groups in total. The lowest BCUT2D eigenvalue weighted by Crippen LogP contribution is -2.14. The molecule has 6 heteroatoms. The summed E-state index contributed by atoms with van der Waals surface area (Å²) in [5.74, 6) is 0.568. The Morgan fingerprint density at radius 3 is 2.60 bits per heavy atom. The summed E-state index contributed by atoms with van der Waals surface area (Å²) in [6.45, 7) is 6.05. The molecule has 0 unspecified atom stereocenters. The molecule has 0 aliphatic rings. The van der Waals surface area contributed by atoms with E-state index in [0.29, 0.717) is 11.1 Å². The van der Waals surface area contributed by atoms with E-state index in [1.165, 1.54) is 22.9 Å². The van der Waals surface area contributed by atoms with Crippen LogP contribution >= 0.6 is 11.8 Å². The van der Waals surface area contributed by atoms with E-state index in [-0.39, 0.29) is 11.7 Å². The maximum absolute atomic E-state index is 12.1. The molecule has 3 aromatic rings. The summed E-state index contributed by atoms with van der Waals surface area (Å²) in [6.07, 6.45) is 0. The minimum Gasteiger partial charge on any atom is -0.411 e. The zero-order valence-electron chi connectivity index (χ0n) is 14.4. The van der Waals surface area contributed by atoms with E-state index in [2.05, 4.69) is 22.4 Å². The van der Waals surface area contributed by atoms with Gasteiger partial charge in [-0.25, -0.2) is 0 Å². The predicted octanol–water partition coefficient (Wildman–Crippen LogP) is 4.39. The fourth-order valence-corrected chi connectivity index (χ4v) is 2.85. The number of carbonyl (C=O) groups is 1. The van der Waals surface area contributed by atoms with Gasteiger partial charge < -0.3 is 9.73 Å². The molecule has 0 radical (unpaired) electrons. The molecular formula is C19H19N3O2S. The number of nitrogens with zero attached hydrogens (tertiary/aromatic N) is 2. The van der Waals surface area contributed by atoms with Crippen LogP contribution in [0.2, 0.25) is 0 Å². The molecule has 5 nitrogen and oxygen atoms in total. The van der Waals surface area contributed by atoms with Gasteiger partial charge in [-0.1, -0.05) is 36.0 Å². The van der Waals surface area contributed by atoms with Gasteiger partial charge in [0.15, 0.2) is 0 Å². The molecule has 25 heavy (non-hydrogen) atoms. The number of thioether (sulfide) groups is 1. The first-order valence-corrected chi connectivity index (χ1v) is 8.91. The van der Waals surface area contributed by atoms with Gasteiger partial charge in [-0.15, -0.1) is 10.2 Å². The Balaban J connectivity index is 1.61. The average molecular weight is 353 g/mol. The van der Waals surface area contributed by atoms with Crippen molar-refractivity contribution < 1.29 is 9.21 Å². The second kappa shape index (κ2) is 7.53. The van der Waals surface area contributed by atoms with Gasteiger partial charge in [0.25, 0.3) is 5.22 Å². The minimum atomic E-state index is -0.106. The van der Waals surface area contributed by atoms with Gasteiger partial charge in [-0.2, -0.15) is 0 Å². The van der Waals surface area contributed by atoms with Crippen molar-refractivity contribution in [2.45, 2.75) is 26.0 Å². The first kappa shape index (κ1) is 17.2. The molecule has 3 rings (SSSR count). The number of rotatable bonds is 5. The summed E-state index contributed by atoms with van der Waals surface area (Å²) >= 11 is 1.22. The van der Waals surface area contributed by atoms with Crippen molar-refractivity contribution in [1.29, 1.82) is 0 Å². The predicted molar refractivity (Wildman–Crippen MR) is 99.7 cm³/mol. The van der Waals surface area contributed by atoms with E-state index >= 15 is 0 Å². The number of aromatic nitrogens is 2. The second-order valence-electron chi connectivity index (χ2n) is 5.82. The van der Waals surface area contributed by atoms with Gasteiger partial charge in [0.05, 0.1) is 5.75 Å². The summed E-state index contributed by atoms with van der Waals surface area (Å²) in [5, 5.41) is 11.3. The first-order chi connectivity index (χ1) is 12.0. The van der Waals surface area contributed by atoms with Crippen molar-refractivity contribution in [3.8, 4) is 11.5 Å². The van der Waals surface area contributed by atoms with Crippen LogP contribution in [0.25, 0.3) is 11.5 Å². The number of amides is 1. The fourth-order valence-electron chi connectivity index (χ4n) is 2.29. The molecule has 0 bridgehead atoms. The Hall–Kier alpha value is -2.60. The van der Waals surface area contributed by atoms with Crippen LogP contribution in [0.1, 0.15) is 16.7 Å². The Morgan fingerprint density at radius 2 is 1.84 bits per heavy atom. The molecule has 0 atom stereocenters. The van der Waals surface area contributed by atoms with E-state index in [1.54, 1.807) is 0 Å². The van der Waals surface area contributed by atoms with E-state index in [1.807, 2.05) is 56.3 Å². The summed E-state index contributed by atoms with van der Waals surface area (Å²) in [5.41, 5.74) is 5.10. The molecule has 1 amide bonds. The van der Waals surface area contributed by atoms with E-state index < -0.39 is 0 Å². The van der Waals surface area contributed by atoms with Crippen molar-refractivity contribution in [1.82, 2.24) is 10.2 Å². The highest BCUT2D eigenvalue weighted by atomic mass is 32.2.